The second kappa shape index (κ2) is 9.37. The largest absolute Gasteiger partial charge is 0.393 e. The van der Waals surface area contributed by atoms with Crippen molar-refractivity contribution in [3.63, 3.8) is 0 Å². The summed E-state index contributed by atoms with van der Waals surface area (Å²) in [5.41, 5.74) is 17.9. The Morgan fingerprint density at radius 1 is 1.14 bits per heavy atom. The van der Waals surface area contributed by atoms with Gasteiger partial charge in [-0.1, -0.05) is 0 Å². The number of anilines is 1. The van der Waals surface area contributed by atoms with E-state index in [9.17, 15) is 9.59 Å². The van der Waals surface area contributed by atoms with Gasteiger partial charge in [0, 0.05) is 24.3 Å². The second-order valence-corrected chi connectivity index (χ2v) is 4.57. The van der Waals surface area contributed by atoms with Gasteiger partial charge in [0.15, 0.2) is 6.29 Å². The lowest BCUT2D eigenvalue weighted by atomic mass is 10.2. The Morgan fingerprint density at radius 3 is 2.36 bits per heavy atom. The molecule has 0 saturated heterocycles. The number of aldehydes is 2. The molecule has 0 heterocycles. The van der Waals surface area contributed by atoms with Crippen LogP contribution in [0, 0.1) is 0 Å². The summed E-state index contributed by atoms with van der Waals surface area (Å²) in [5.74, 6) is 0.320. The van der Waals surface area contributed by atoms with Crippen LogP contribution in [0.15, 0.2) is 35.8 Å². The molecule has 0 bridgehead atoms. The Hall–Kier alpha value is -2.58. The van der Waals surface area contributed by atoms with Gasteiger partial charge < -0.3 is 21.7 Å². The van der Waals surface area contributed by atoms with Gasteiger partial charge in [-0.3, -0.25) is 21.1 Å². The monoisotopic (exact) mass is 306 g/mol. The summed E-state index contributed by atoms with van der Waals surface area (Å²) in [6.07, 6.45) is 1.28. The first-order valence-electron chi connectivity index (χ1n) is 6.82. The smallest absolute Gasteiger partial charge is 0.169 e. The summed E-state index contributed by atoms with van der Waals surface area (Å²) >= 11 is 0. The minimum atomic E-state index is -0.810. The van der Waals surface area contributed by atoms with E-state index in [-0.39, 0.29) is 5.70 Å². The third-order valence-electron chi connectivity index (χ3n) is 2.76. The molecule has 1 aromatic carbocycles. The maximum Gasteiger partial charge on any atom is 0.169 e. The molecule has 1 rings (SSSR count). The highest BCUT2D eigenvalue weighted by Gasteiger charge is 2.04. The summed E-state index contributed by atoms with van der Waals surface area (Å²) in [4.78, 5) is 21.2. The number of nitrogens with one attached hydrogen (secondary N) is 3. The summed E-state index contributed by atoms with van der Waals surface area (Å²) in [6.45, 7) is 1.28. The summed E-state index contributed by atoms with van der Waals surface area (Å²) in [7, 11) is 0. The fraction of sp³-hybridized carbons (Fsp3) is 0.286. The average Bonchev–Trinajstić information content (AvgIpc) is 2.53. The van der Waals surface area contributed by atoms with E-state index in [4.69, 9.17) is 17.2 Å². The molecule has 0 amide bonds. The van der Waals surface area contributed by atoms with Gasteiger partial charge in [0.05, 0.1) is 0 Å². The highest BCUT2D eigenvalue weighted by molar-refractivity contribution is 5.75. The van der Waals surface area contributed by atoms with E-state index in [1.807, 2.05) is 12.1 Å². The molecule has 8 nitrogen and oxygen atoms in total. The second-order valence-electron chi connectivity index (χ2n) is 4.57. The Bertz CT molecular complexity index is 513. The zero-order valence-corrected chi connectivity index (χ0v) is 12.2. The molecule has 0 atom stereocenters. The van der Waals surface area contributed by atoms with Crippen LogP contribution in [-0.4, -0.2) is 32.0 Å². The van der Waals surface area contributed by atoms with Gasteiger partial charge in [-0.2, -0.15) is 0 Å². The van der Waals surface area contributed by atoms with Crippen LogP contribution in [0.4, 0.5) is 5.69 Å². The van der Waals surface area contributed by atoms with E-state index in [0.29, 0.717) is 30.8 Å². The maximum absolute atomic E-state index is 10.7. The van der Waals surface area contributed by atoms with Crippen LogP contribution in [-0.2, 0) is 4.79 Å². The standard InChI is InChI=1S/C14H22N6O2/c15-12(9-22)13(20-14(16)17)19-7-1-6-18-11-4-2-10(8-21)3-5-11/h2-5,8-9,14,18-20H,1,6-7,15-17H2/b13-12+. The van der Waals surface area contributed by atoms with Gasteiger partial charge in [0.2, 0.25) is 0 Å². The van der Waals surface area contributed by atoms with E-state index >= 15 is 0 Å². The minimum Gasteiger partial charge on any atom is -0.393 e. The molecule has 120 valence electrons. The molecule has 0 saturated carbocycles. The fourth-order valence-corrected chi connectivity index (χ4v) is 1.68. The summed E-state index contributed by atoms with van der Waals surface area (Å²) in [6, 6.07) is 7.15. The zero-order chi connectivity index (χ0) is 16.4. The van der Waals surface area contributed by atoms with Crippen molar-refractivity contribution >= 4 is 18.3 Å². The maximum atomic E-state index is 10.7. The number of hydrogen-bond donors (Lipinski definition) is 6. The number of carbonyl (C=O) groups excluding carboxylic acids is 2. The van der Waals surface area contributed by atoms with Crippen molar-refractivity contribution < 1.29 is 9.59 Å². The van der Waals surface area contributed by atoms with Crippen molar-refractivity contribution in [3.05, 3.63) is 41.3 Å². The van der Waals surface area contributed by atoms with E-state index in [2.05, 4.69) is 16.0 Å². The summed E-state index contributed by atoms with van der Waals surface area (Å²) in [5, 5.41) is 8.85. The highest BCUT2D eigenvalue weighted by atomic mass is 16.1. The Kier molecular flexibility index (Phi) is 7.44. The number of carbonyl (C=O) groups is 2. The minimum absolute atomic E-state index is 0.0123. The van der Waals surface area contributed by atoms with Crippen LogP contribution in [0.1, 0.15) is 16.8 Å². The number of allylic oxidation sites excluding steroid dienone is 1. The van der Waals surface area contributed by atoms with Crippen LogP contribution >= 0.6 is 0 Å². The van der Waals surface area contributed by atoms with E-state index in [1.165, 1.54) is 0 Å². The van der Waals surface area contributed by atoms with E-state index in [1.54, 1.807) is 12.1 Å². The Morgan fingerprint density at radius 2 is 1.82 bits per heavy atom. The lowest BCUT2D eigenvalue weighted by Crippen LogP contribution is -2.48. The lowest BCUT2D eigenvalue weighted by Gasteiger charge is -2.17. The number of rotatable bonds is 10. The van der Waals surface area contributed by atoms with Crippen LogP contribution < -0.4 is 33.2 Å². The van der Waals surface area contributed by atoms with Crippen molar-refractivity contribution in [2.24, 2.45) is 17.2 Å². The quantitative estimate of drug-likeness (QED) is 0.140. The van der Waals surface area contributed by atoms with Gasteiger partial charge in [0.1, 0.15) is 24.1 Å². The molecule has 0 radical (unpaired) electrons. The number of benzene rings is 1. The fourth-order valence-electron chi connectivity index (χ4n) is 1.68. The Labute approximate surface area is 129 Å². The van der Waals surface area contributed by atoms with Crippen molar-refractivity contribution in [1.29, 1.82) is 0 Å². The molecular weight excluding hydrogens is 284 g/mol. The molecular formula is C14H22N6O2. The predicted molar refractivity (Wildman–Crippen MR) is 85.5 cm³/mol. The number of hydrogen-bond acceptors (Lipinski definition) is 8. The van der Waals surface area contributed by atoms with Gasteiger partial charge >= 0.3 is 0 Å². The van der Waals surface area contributed by atoms with E-state index < -0.39 is 6.29 Å². The molecule has 0 aliphatic carbocycles. The van der Waals surface area contributed by atoms with Gasteiger partial charge in [-0.05, 0) is 30.7 Å². The average molecular weight is 306 g/mol. The Balaban J connectivity index is 2.33. The normalized spacial score (nSPS) is 11.6. The number of nitrogens with two attached hydrogens (primary N) is 3. The van der Waals surface area contributed by atoms with Gasteiger partial charge in [-0.15, -0.1) is 0 Å². The molecule has 0 unspecified atom stereocenters. The van der Waals surface area contributed by atoms with Crippen LogP contribution in [0.25, 0.3) is 0 Å². The molecule has 0 aromatic heterocycles. The molecule has 0 aliphatic heterocycles. The highest BCUT2D eigenvalue weighted by Crippen LogP contribution is 2.07. The third-order valence-corrected chi connectivity index (χ3v) is 2.76. The van der Waals surface area contributed by atoms with Gasteiger partial charge in [-0.25, -0.2) is 0 Å². The topological polar surface area (TPSA) is 148 Å². The van der Waals surface area contributed by atoms with Crippen LogP contribution in [0.2, 0.25) is 0 Å². The molecule has 0 spiro atoms. The van der Waals surface area contributed by atoms with Crippen LogP contribution in [0.3, 0.4) is 0 Å². The molecule has 0 fully saturated rings. The molecule has 0 aliphatic rings. The summed E-state index contributed by atoms with van der Waals surface area (Å²) < 4.78 is 0. The van der Waals surface area contributed by atoms with Gasteiger partial charge in [0.25, 0.3) is 0 Å². The van der Waals surface area contributed by atoms with E-state index in [0.717, 1.165) is 18.4 Å². The molecule has 9 N–H and O–H groups in total. The van der Waals surface area contributed by atoms with Crippen molar-refractivity contribution in [2.45, 2.75) is 12.7 Å². The first-order valence-corrected chi connectivity index (χ1v) is 6.82. The van der Waals surface area contributed by atoms with Crippen LogP contribution in [0.5, 0.6) is 0 Å². The predicted octanol–water partition coefficient (Wildman–Crippen LogP) is -0.992. The first kappa shape index (κ1) is 17.5. The lowest BCUT2D eigenvalue weighted by molar-refractivity contribution is -0.105. The first-order chi connectivity index (χ1) is 10.6. The third kappa shape index (κ3) is 6.25. The zero-order valence-electron chi connectivity index (χ0n) is 12.2. The molecule has 1 aromatic rings. The van der Waals surface area contributed by atoms with Crippen molar-refractivity contribution in [1.82, 2.24) is 10.6 Å². The SMILES string of the molecule is N/C(C=O)=C(\NCCCNc1ccc(C=O)cc1)NC(N)N. The van der Waals surface area contributed by atoms with Crippen molar-refractivity contribution in [2.75, 3.05) is 18.4 Å². The molecule has 22 heavy (non-hydrogen) atoms. The van der Waals surface area contributed by atoms with Crippen molar-refractivity contribution in [3.8, 4) is 0 Å². The molecule has 8 heteroatoms.